The van der Waals surface area contributed by atoms with Gasteiger partial charge in [-0.05, 0) is 32.7 Å². The number of hydrogen-bond acceptors (Lipinski definition) is 5. The third-order valence-electron chi connectivity index (χ3n) is 3.23. The van der Waals surface area contributed by atoms with Crippen LogP contribution in [0.4, 0.5) is 0 Å². The molecule has 1 heterocycles. The van der Waals surface area contributed by atoms with E-state index in [2.05, 4.69) is 0 Å². The Labute approximate surface area is 108 Å². The van der Waals surface area contributed by atoms with Gasteiger partial charge in [0.05, 0.1) is 6.10 Å². The Bertz CT molecular complexity index is 263. The minimum absolute atomic E-state index is 0.165. The van der Waals surface area contributed by atoms with Crippen molar-refractivity contribution >= 4 is 5.97 Å². The number of carboxylic acids is 1. The number of hydrogen-bond donors (Lipinski definition) is 3. The van der Waals surface area contributed by atoms with Gasteiger partial charge in [-0.1, -0.05) is 0 Å². The number of aliphatic carboxylic acids is 1. The first kappa shape index (κ1) is 15.4. The van der Waals surface area contributed by atoms with Gasteiger partial charge in [0.25, 0.3) is 0 Å². The molecule has 1 aliphatic rings. The molecule has 0 saturated carbocycles. The summed E-state index contributed by atoms with van der Waals surface area (Å²) in [4.78, 5) is 12.8. The van der Waals surface area contributed by atoms with Crippen LogP contribution in [0.3, 0.4) is 0 Å². The molecule has 0 aromatic rings. The SMILES string of the molecule is CC(O)(CN1CCC(OCCCN)CC1)C(=O)O. The summed E-state index contributed by atoms with van der Waals surface area (Å²) in [5.41, 5.74) is 3.72. The Morgan fingerprint density at radius 1 is 1.50 bits per heavy atom. The number of nitrogens with two attached hydrogens (primary N) is 1. The van der Waals surface area contributed by atoms with Crippen LogP contribution in [0.5, 0.6) is 0 Å². The first-order chi connectivity index (χ1) is 8.45. The molecular formula is C12H24N2O4. The van der Waals surface area contributed by atoms with E-state index in [1.54, 1.807) is 0 Å². The molecule has 0 bridgehead atoms. The van der Waals surface area contributed by atoms with Crippen molar-refractivity contribution in [2.45, 2.75) is 37.9 Å². The average molecular weight is 260 g/mol. The van der Waals surface area contributed by atoms with E-state index in [0.717, 1.165) is 32.4 Å². The Hall–Kier alpha value is -0.690. The highest BCUT2D eigenvalue weighted by molar-refractivity contribution is 5.76. The summed E-state index contributed by atoms with van der Waals surface area (Å²) >= 11 is 0. The molecule has 1 atom stereocenters. The predicted molar refractivity (Wildman–Crippen MR) is 67.3 cm³/mol. The van der Waals surface area contributed by atoms with Crippen molar-refractivity contribution in [2.24, 2.45) is 5.73 Å². The number of β-amino-alcohol motifs (C(OH)–C–C–N with tert-alkyl or cyclic N) is 1. The number of carbonyl (C=O) groups is 1. The van der Waals surface area contributed by atoms with Crippen molar-refractivity contribution in [3.63, 3.8) is 0 Å². The summed E-state index contributed by atoms with van der Waals surface area (Å²) in [5.74, 6) is -1.18. The molecule has 1 fully saturated rings. The van der Waals surface area contributed by atoms with Crippen LogP contribution >= 0.6 is 0 Å². The maximum absolute atomic E-state index is 10.8. The molecule has 0 spiro atoms. The lowest BCUT2D eigenvalue weighted by molar-refractivity contribution is -0.159. The van der Waals surface area contributed by atoms with Crippen LogP contribution in [-0.2, 0) is 9.53 Å². The summed E-state index contributed by atoms with van der Waals surface area (Å²) in [6.45, 7) is 4.35. The van der Waals surface area contributed by atoms with Gasteiger partial charge in [-0.2, -0.15) is 0 Å². The van der Waals surface area contributed by atoms with Gasteiger partial charge < -0.3 is 20.7 Å². The second-order valence-corrected chi connectivity index (χ2v) is 5.07. The van der Waals surface area contributed by atoms with Crippen molar-refractivity contribution in [3.8, 4) is 0 Å². The molecule has 1 rings (SSSR count). The van der Waals surface area contributed by atoms with Gasteiger partial charge >= 0.3 is 5.97 Å². The molecule has 0 aromatic heterocycles. The lowest BCUT2D eigenvalue weighted by Crippen LogP contribution is -2.49. The Morgan fingerprint density at radius 2 is 2.11 bits per heavy atom. The normalized spacial score (nSPS) is 21.7. The van der Waals surface area contributed by atoms with Gasteiger partial charge in [0.1, 0.15) is 0 Å². The number of piperidine rings is 1. The Kier molecular flexibility index (Phi) is 6.01. The monoisotopic (exact) mass is 260 g/mol. The van der Waals surface area contributed by atoms with Crippen molar-refractivity contribution < 1.29 is 19.7 Å². The van der Waals surface area contributed by atoms with E-state index in [-0.39, 0.29) is 12.6 Å². The van der Waals surface area contributed by atoms with Crippen LogP contribution in [0.2, 0.25) is 0 Å². The fourth-order valence-corrected chi connectivity index (χ4v) is 2.07. The van der Waals surface area contributed by atoms with Crippen LogP contribution < -0.4 is 5.73 Å². The lowest BCUT2D eigenvalue weighted by Gasteiger charge is -2.34. The first-order valence-corrected chi connectivity index (χ1v) is 6.45. The highest BCUT2D eigenvalue weighted by atomic mass is 16.5. The third kappa shape index (κ3) is 4.89. The van der Waals surface area contributed by atoms with E-state index in [1.165, 1.54) is 6.92 Å². The molecule has 6 nitrogen and oxygen atoms in total. The Morgan fingerprint density at radius 3 is 2.61 bits per heavy atom. The van der Waals surface area contributed by atoms with Gasteiger partial charge in [0.2, 0.25) is 0 Å². The summed E-state index contributed by atoms with van der Waals surface area (Å²) in [7, 11) is 0. The maximum Gasteiger partial charge on any atom is 0.336 e. The van der Waals surface area contributed by atoms with Crippen LogP contribution in [0.1, 0.15) is 26.2 Å². The molecule has 0 amide bonds. The van der Waals surface area contributed by atoms with Crippen LogP contribution in [0.25, 0.3) is 0 Å². The highest BCUT2D eigenvalue weighted by Gasteiger charge is 2.33. The van der Waals surface area contributed by atoms with Gasteiger partial charge in [0.15, 0.2) is 5.60 Å². The van der Waals surface area contributed by atoms with Crippen molar-refractivity contribution in [3.05, 3.63) is 0 Å². The highest BCUT2D eigenvalue weighted by Crippen LogP contribution is 2.16. The summed E-state index contributed by atoms with van der Waals surface area (Å²) in [6, 6.07) is 0. The predicted octanol–water partition coefficient (Wildman–Crippen LogP) is -0.348. The fourth-order valence-electron chi connectivity index (χ4n) is 2.07. The molecule has 4 N–H and O–H groups in total. The molecular weight excluding hydrogens is 236 g/mol. The van der Waals surface area contributed by atoms with Crippen molar-refractivity contribution in [2.75, 3.05) is 32.8 Å². The van der Waals surface area contributed by atoms with Gasteiger partial charge in [-0.3, -0.25) is 4.90 Å². The number of aliphatic hydroxyl groups is 1. The summed E-state index contributed by atoms with van der Waals surface area (Å²) in [5, 5.41) is 18.6. The molecule has 0 aromatic carbocycles. The summed E-state index contributed by atoms with van der Waals surface area (Å²) < 4.78 is 5.66. The zero-order valence-corrected chi connectivity index (χ0v) is 11.0. The van der Waals surface area contributed by atoms with Crippen LogP contribution in [0, 0.1) is 0 Å². The number of rotatable bonds is 7. The molecule has 1 unspecified atom stereocenters. The largest absolute Gasteiger partial charge is 0.479 e. The summed E-state index contributed by atoms with van der Waals surface area (Å²) in [6.07, 6.45) is 2.86. The minimum Gasteiger partial charge on any atom is -0.479 e. The second kappa shape index (κ2) is 7.04. The van der Waals surface area contributed by atoms with Crippen molar-refractivity contribution in [1.82, 2.24) is 4.90 Å². The average Bonchev–Trinajstić information content (AvgIpc) is 2.31. The molecule has 18 heavy (non-hydrogen) atoms. The molecule has 0 radical (unpaired) electrons. The smallest absolute Gasteiger partial charge is 0.336 e. The number of carboxylic acid groups (broad SMARTS) is 1. The van der Waals surface area contributed by atoms with Gasteiger partial charge in [0, 0.05) is 26.2 Å². The molecule has 106 valence electrons. The van der Waals surface area contributed by atoms with Crippen molar-refractivity contribution in [1.29, 1.82) is 0 Å². The zero-order valence-electron chi connectivity index (χ0n) is 11.0. The zero-order chi connectivity index (χ0) is 13.6. The third-order valence-corrected chi connectivity index (χ3v) is 3.23. The van der Waals surface area contributed by atoms with E-state index in [1.807, 2.05) is 4.90 Å². The van der Waals surface area contributed by atoms with E-state index in [0.29, 0.717) is 13.2 Å². The molecule has 1 saturated heterocycles. The lowest BCUT2D eigenvalue weighted by atomic mass is 10.0. The second-order valence-electron chi connectivity index (χ2n) is 5.07. The van der Waals surface area contributed by atoms with Gasteiger partial charge in [-0.15, -0.1) is 0 Å². The topological polar surface area (TPSA) is 96.0 Å². The van der Waals surface area contributed by atoms with E-state index >= 15 is 0 Å². The van der Waals surface area contributed by atoms with E-state index in [9.17, 15) is 9.90 Å². The fraction of sp³-hybridized carbons (Fsp3) is 0.917. The quantitative estimate of drug-likeness (QED) is 0.542. The minimum atomic E-state index is -1.67. The Balaban J connectivity index is 2.25. The van der Waals surface area contributed by atoms with Crippen LogP contribution in [0.15, 0.2) is 0 Å². The maximum atomic E-state index is 10.8. The number of nitrogens with zero attached hydrogens (tertiary/aromatic N) is 1. The molecule has 6 heteroatoms. The van der Waals surface area contributed by atoms with Gasteiger partial charge in [-0.25, -0.2) is 4.79 Å². The first-order valence-electron chi connectivity index (χ1n) is 6.45. The standard InChI is InChI=1S/C12H24N2O4/c1-12(17,11(15)16)9-14-6-3-10(4-7-14)18-8-2-5-13/h10,17H,2-9,13H2,1H3,(H,15,16). The number of ether oxygens (including phenoxy) is 1. The van der Waals surface area contributed by atoms with E-state index < -0.39 is 11.6 Å². The van der Waals surface area contributed by atoms with Crippen LogP contribution in [-0.4, -0.2) is 65.6 Å². The number of likely N-dealkylation sites (tertiary alicyclic amines) is 1. The van der Waals surface area contributed by atoms with E-state index in [4.69, 9.17) is 15.6 Å². The molecule has 0 aliphatic carbocycles. The molecule has 1 aliphatic heterocycles.